The van der Waals surface area contributed by atoms with E-state index in [1.165, 1.54) is 0 Å². The zero-order valence-electron chi connectivity index (χ0n) is 9.42. The van der Waals surface area contributed by atoms with Crippen LogP contribution in [0.4, 0.5) is 13.2 Å². The summed E-state index contributed by atoms with van der Waals surface area (Å²) in [7, 11) is 0. The molecule has 2 aromatic rings. The Morgan fingerprint density at radius 3 is 2.18 bits per heavy atom. The van der Waals surface area contributed by atoms with Crippen LogP contribution in [0.5, 0.6) is 0 Å². The van der Waals surface area contributed by atoms with Crippen LogP contribution in [0.25, 0.3) is 5.69 Å². The second kappa shape index (κ2) is 3.91. The molecule has 1 aromatic carbocycles. The number of aryl methyl sites for hydroxylation is 2. The molecule has 5 heteroatoms. The Morgan fingerprint density at radius 1 is 1.06 bits per heavy atom. The first-order chi connectivity index (χ1) is 7.88. The Balaban J connectivity index is 2.55. The minimum Gasteiger partial charge on any atom is -0.228 e. The highest BCUT2D eigenvalue weighted by molar-refractivity contribution is 5.36. The second-order valence-corrected chi connectivity index (χ2v) is 3.92. The normalized spacial score (nSPS) is 11.8. The lowest BCUT2D eigenvalue weighted by Crippen LogP contribution is -2.13. The molecule has 0 aliphatic rings. The summed E-state index contributed by atoms with van der Waals surface area (Å²) in [6, 6.07) is 7.80. The highest BCUT2D eigenvalue weighted by Crippen LogP contribution is 2.31. The van der Waals surface area contributed by atoms with Crippen LogP contribution in [-0.4, -0.2) is 9.78 Å². The maximum absolute atomic E-state index is 12.8. The Kier molecular flexibility index (Phi) is 2.69. The highest BCUT2D eigenvalue weighted by Gasteiger charge is 2.35. The number of nitrogens with zero attached hydrogens (tertiary/aromatic N) is 2. The Bertz CT molecular complexity index is 524. The zero-order chi connectivity index (χ0) is 12.6. The third-order valence-electron chi connectivity index (χ3n) is 2.40. The van der Waals surface area contributed by atoms with Crippen LogP contribution in [0.3, 0.4) is 0 Å². The molecule has 0 saturated heterocycles. The lowest BCUT2D eigenvalue weighted by molar-refractivity contribution is -0.142. The molecule has 0 amide bonds. The number of halogens is 3. The van der Waals surface area contributed by atoms with Crippen molar-refractivity contribution >= 4 is 0 Å². The number of aromatic nitrogens is 2. The van der Waals surface area contributed by atoms with Gasteiger partial charge in [-0.2, -0.15) is 18.3 Å². The smallest absolute Gasteiger partial charge is 0.228 e. The lowest BCUT2D eigenvalue weighted by Gasteiger charge is -2.10. The Labute approximate surface area is 96.7 Å². The van der Waals surface area contributed by atoms with Gasteiger partial charge in [-0.1, -0.05) is 17.7 Å². The average molecular weight is 240 g/mol. The topological polar surface area (TPSA) is 17.8 Å². The van der Waals surface area contributed by atoms with Crippen molar-refractivity contribution in [2.75, 3.05) is 0 Å². The van der Waals surface area contributed by atoms with Gasteiger partial charge in [0.05, 0.1) is 11.4 Å². The summed E-state index contributed by atoms with van der Waals surface area (Å²) in [6.07, 6.45) is -4.40. The number of hydrogen-bond acceptors (Lipinski definition) is 1. The van der Waals surface area contributed by atoms with Gasteiger partial charge in [0.2, 0.25) is 0 Å². The van der Waals surface area contributed by atoms with Crippen molar-refractivity contribution < 1.29 is 13.2 Å². The summed E-state index contributed by atoms with van der Waals surface area (Å²) in [6.45, 7) is 3.42. The molecule has 1 heterocycles. The third-order valence-corrected chi connectivity index (χ3v) is 2.40. The quantitative estimate of drug-likeness (QED) is 0.745. The molecular weight excluding hydrogens is 229 g/mol. The van der Waals surface area contributed by atoms with Gasteiger partial charge in [-0.3, -0.25) is 0 Å². The van der Waals surface area contributed by atoms with Crippen LogP contribution < -0.4 is 0 Å². The van der Waals surface area contributed by atoms with Gasteiger partial charge in [0.15, 0.2) is 0 Å². The average Bonchev–Trinajstić information content (AvgIpc) is 2.61. The van der Waals surface area contributed by atoms with Gasteiger partial charge in [-0.25, -0.2) is 4.68 Å². The summed E-state index contributed by atoms with van der Waals surface area (Å²) in [4.78, 5) is 0. The van der Waals surface area contributed by atoms with Crippen molar-refractivity contribution in [1.29, 1.82) is 0 Å². The molecule has 0 unspecified atom stereocenters. The first-order valence-corrected chi connectivity index (χ1v) is 5.09. The van der Waals surface area contributed by atoms with Crippen molar-refractivity contribution in [2.24, 2.45) is 0 Å². The molecule has 0 fully saturated rings. The zero-order valence-corrected chi connectivity index (χ0v) is 9.42. The summed E-state index contributed by atoms with van der Waals surface area (Å²) >= 11 is 0. The van der Waals surface area contributed by atoms with E-state index in [-0.39, 0.29) is 0 Å². The molecule has 2 nitrogen and oxygen atoms in total. The Morgan fingerprint density at radius 2 is 1.65 bits per heavy atom. The van der Waals surface area contributed by atoms with E-state index in [1.807, 2.05) is 6.92 Å². The highest BCUT2D eigenvalue weighted by atomic mass is 19.4. The van der Waals surface area contributed by atoms with E-state index < -0.39 is 11.9 Å². The molecule has 0 spiro atoms. The third kappa shape index (κ3) is 2.33. The maximum Gasteiger partial charge on any atom is 0.433 e. The van der Waals surface area contributed by atoms with E-state index in [2.05, 4.69) is 5.10 Å². The Hall–Kier alpha value is -1.78. The number of alkyl halides is 3. The van der Waals surface area contributed by atoms with Gasteiger partial charge in [-0.15, -0.1) is 0 Å². The number of rotatable bonds is 1. The van der Waals surface area contributed by atoms with Gasteiger partial charge < -0.3 is 0 Å². The van der Waals surface area contributed by atoms with Crippen LogP contribution in [0.2, 0.25) is 0 Å². The molecule has 0 bridgehead atoms. The van der Waals surface area contributed by atoms with Crippen molar-refractivity contribution in [1.82, 2.24) is 9.78 Å². The molecule has 0 aliphatic carbocycles. The number of benzene rings is 1. The molecule has 0 saturated carbocycles. The van der Waals surface area contributed by atoms with Crippen LogP contribution >= 0.6 is 0 Å². The monoisotopic (exact) mass is 240 g/mol. The van der Waals surface area contributed by atoms with Gasteiger partial charge in [0, 0.05) is 0 Å². The van der Waals surface area contributed by atoms with Crippen molar-refractivity contribution in [3.63, 3.8) is 0 Å². The van der Waals surface area contributed by atoms with Crippen LogP contribution in [-0.2, 0) is 6.18 Å². The van der Waals surface area contributed by atoms with Gasteiger partial charge in [0.25, 0.3) is 0 Å². The molecular formula is C12H11F3N2. The van der Waals surface area contributed by atoms with Crippen LogP contribution in [0.1, 0.15) is 17.0 Å². The summed E-state index contributed by atoms with van der Waals surface area (Å²) in [5.74, 6) is 0. The summed E-state index contributed by atoms with van der Waals surface area (Å²) in [5, 5.41) is 3.87. The van der Waals surface area contributed by atoms with Crippen molar-refractivity contribution in [3.8, 4) is 5.69 Å². The fourth-order valence-corrected chi connectivity index (χ4v) is 1.58. The van der Waals surface area contributed by atoms with Crippen LogP contribution in [0.15, 0.2) is 30.3 Å². The summed E-state index contributed by atoms with van der Waals surface area (Å²) in [5.41, 5.74) is 0.999. The maximum atomic E-state index is 12.8. The van der Waals surface area contributed by atoms with Gasteiger partial charge in [0.1, 0.15) is 5.69 Å². The largest absolute Gasteiger partial charge is 0.433 e. The standard InChI is InChI=1S/C12H11F3N2/c1-8-3-5-10(6-4-8)17-11(12(13,14)15)7-9(2)16-17/h3-7H,1-2H3. The van der Waals surface area contributed by atoms with Crippen LogP contribution in [0, 0.1) is 13.8 Å². The molecule has 90 valence electrons. The van der Waals surface area contributed by atoms with E-state index in [4.69, 9.17) is 0 Å². The minimum atomic E-state index is -4.40. The van der Waals surface area contributed by atoms with Crippen molar-refractivity contribution in [3.05, 3.63) is 47.3 Å². The van der Waals surface area contributed by atoms with E-state index in [0.29, 0.717) is 11.4 Å². The minimum absolute atomic E-state index is 0.345. The van der Waals surface area contributed by atoms with Crippen molar-refractivity contribution in [2.45, 2.75) is 20.0 Å². The first-order valence-electron chi connectivity index (χ1n) is 5.09. The van der Waals surface area contributed by atoms with E-state index in [9.17, 15) is 13.2 Å². The van der Waals surface area contributed by atoms with E-state index in [1.54, 1.807) is 31.2 Å². The number of hydrogen-bond donors (Lipinski definition) is 0. The first kappa shape index (κ1) is 11.7. The molecule has 2 rings (SSSR count). The van der Waals surface area contributed by atoms with E-state index in [0.717, 1.165) is 16.3 Å². The molecule has 0 atom stereocenters. The van der Waals surface area contributed by atoms with Gasteiger partial charge in [-0.05, 0) is 32.0 Å². The van der Waals surface area contributed by atoms with E-state index >= 15 is 0 Å². The second-order valence-electron chi connectivity index (χ2n) is 3.92. The lowest BCUT2D eigenvalue weighted by atomic mass is 10.2. The SMILES string of the molecule is Cc1ccc(-n2nc(C)cc2C(F)(F)F)cc1. The predicted molar refractivity (Wildman–Crippen MR) is 58.0 cm³/mol. The predicted octanol–water partition coefficient (Wildman–Crippen LogP) is 3.51. The molecule has 0 radical (unpaired) electrons. The fraction of sp³-hybridized carbons (Fsp3) is 0.250. The summed E-state index contributed by atoms with van der Waals surface area (Å²) < 4.78 is 39.2. The molecule has 0 aliphatic heterocycles. The molecule has 17 heavy (non-hydrogen) atoms. The molecule has 1 aromatic heterocycles. The van der Waals surface area contributed by atoms with Gasteiger partial charge >= 0.3 is 6.18 Å². The molecule has 0 N–H and O–H groups in total. The fourth-order valence-electron chi connectivity index (χ4n) is 1.58.